The molecule has 1 atom stereocenters. The van der Waals surface area contributed by atoms with Crippen LogP contribution in [0.5, 0.6) is 0 Å². The zero-order valence-corrected chi connectivity index (χ0v) is 29.1. The normalized spacial score (nSPS) is 16.0. The second-order valence-electron chi connectivity index (χ2n) is 10.5. The molecule has 1 aromatic heterocycles. The Morgan fingerprint density at radius 1 is 1.17 bits per heavy atom. The van der Waals surface area contributed by atoms with E-state index >= 15 is 0 Å². The lowest BCUT2D eigenvalue weighted by Crippen LogP contribution is -2.32. The summed E-state index contributed by atoms with van der Waals surface area (Å²) in [7, 11) is 3.99. The highest BCUT2D eigenvalue weighted by Gasteiger charge is 2.21. The predicted molar refractivity (Wildman–Crippen MR) is 188 cm³/mol. The first-order valence-corrected chi connectivity index (χ1v) is 16.1. The maximum absolute atomic E-state index is 11.5. The molecule has 0 bridgehead atoms. The van der Waals surface area contributed by atoms with E-state index in [1.807, 2.05) is 77.9 Å². The molecular weight excluding hydrogens is 548 g/mol. The van der Waals surface area contributed by atoms with Crippen LogP contribution in [0.2, 0.25) is 0 Å². The number of hydrogen-bond donors (Lipinski definition) is 2. The van der Waals surface area contributed by atoms with Gasteiger partial charge in [-0.2, -0.15) is 12.6 Å². The number of carbonyl (C=O) groups excluding carboxylic acids is 1. The second kappa shape index (κ2) is 25.6. The molecule has 2 aromatic rings. The van der Waals surface area contributed by atoms with Gasteiger partial charge in [0, 0.05) is 42.7 Å². The summed E-state index contributed by atoms with van der Waals surface area (Å²) in [5.74, 6) is 3.61. The lowest BCUT2D eigenvalue weighted by atomic mass is 9.80. The second-order valence-corrected chi connectivity index (χ2v) is 12.0. The maximum atomic E-state index is 11.5. The Morgan fingerprint density at radius 3 is 2.17 bits per heavy atom. The molecule has 0 saturated heterocycles. The smallest absolute Gasteiger partial charge is 0.221 e. The largest absolute Gasteiger partial charge is 0.362 e. The number of halogens is 1. The van der Waals surface area contributed by atoms with Gasteiger partial charge in [0.25, 0.3) is 0 Å². The van der Waals surface area contributed by atoms with Gasteiger partial charge in [-0.05, 0) is 57.6 Å². The summed E-state index contributed by atoms with van der Waals surface area (Å²) in [6.07, 6.45) is 11.7. The van der Waals surface area contributed by atoms with Crippen molar-refractivity contribution in [2.45, 2.75) is 105 Å². The van der Waals surface area contributed by atoms with Gasteiger partial charge in [-0.15, -0.1) is 6.58 Å². The number of thiol groups is 1. The summed E-state index contributed by atoms with van der Waals surface area (Å²) in [4.78, 5) is 22.3. The number of fused-ring (bicyclic) bond motifs is 1. The molecule has 0 spiro atoms. The third-order valence-corrected chi connectivity index (χ3v) is 6.30. The molecular formula is C34H59ClN4OS. The van der Waals surface area contributed by atoms with Crippen molar-refractivity contribution in [2.75, 3.05) is 25.5 Å². The maximum Gasteiger partial charge on any atom is 0.221 e. The molecule has 0 radical (unpaired) electrons. The minimum absolute atomic E-state index is 0.158. The van der Waals surface area contributed by atoms with Crippen molar-refractivity contribution in [1.82, 2.24) is 15.3 Å². The van der Waals surface area contributed by atoms with E-state index in [1.165, 1.54) is 44.9 Å². The number of nitrogens with zero attached hydrogens (tertiary/aromatic N) is 3. The number of allylic oxidation sites excluding steroid dienone is 2. The Bertz CT molecular complexity index is 968. The van der Waals surface area contributed by atoms with Gasteiger partial charge in [0.15, 0.2) is 0 Å². The van der Waals surface area contributed by atoms with E-state index in [-0.39, 0.29) is 11.2 Å². The van der Waals surface area contributed by atoms with Crippen molar-refractivity contribution in [3.63, 3.8) is 0 Å². The highest BCUT2D eigenvalue weighted by molar-refractivity contribution is 7.80. The number of aryl methyl sites for hydroxylation is 1. The van der Waals surface area contributed by atoms with Gasteiger partial charge in [0.1, 0.15) is 11.6 Å². The van der Waals surface area contributed by atoms with Crippen LogP contribution in [0.25, 0.3) is 10.9 Å². The Labute approximate surface area is 263 Å². The van der Waals surface area contributed by atoms with Gasteiger partial charge in [-0.25, -0.2) is 9.97 Å². The molecule has 1 unspecified atom stereocenters. The molecule has 0 aliphatic heterocycles. The van der Waals surface area contributed by atoms with E-state index in [0.29, 0.717) is 17.4 Å². The van der Waals surface area contributed by atoms with Crippen molar-refractivity contribution in [3.05, 3.63) is 54.4 Å². The highest BCUT2D eigenvalue weighted by Crippen LogP contribution is 2.31. The third kappa shape index (κ3) is 21.3. The Kier molecular flexibility index (Phi) is 25.7. The van der Waals surface area contributed by atoms with Crippen molar-refractivity contribution >= 4 is 46.9 Å². The molecule has 1 aliphatic rings. The quantitative estimate of drug-likeness (QED) is 0.232. The molecule has 1 fully saturated rings. The number of amides is 1. The number of rotatable bonds is 8. The monoisotopic (exact) mass is 606 g/mol. The SMILES string of the molecule is C=C(C)Cl.C=CC.CC.CCCCC1CCC(CNC(=O)CC(C)S)CC1.Cc1nc(N(C)C)c2ccccc2n1. The number of anilines is 1. The van der Waals surface area contributed by atoms with E-state index in [1.54, 1.807) is 13.0 Å². The van der Waals surface area contributed by atoms with Crippen molar-refractivity contribution in [1.29, 1.82) is 0 Å². The fourth-order valence-electron chi connectivity index (χ4n) is 4.33. The van der Waals surface area contributed by atoms with Crippen LogP contribution >= 0.6 is 24.2 Å². The van der Waals surface area contributed by atoms with Crippen LogP contribution < -0.4 is 10.2 Å². The summed E-state index contributed by atoms with van der Waals surface area (Å²) in [5, 5.41) is 4.95. The van der Waals surface area contributed by atoms with Crippen LogP contribution in [-0.4, -0.2) is 41.8 Å². The molecule has 3 rings (SSSR count). The van der Waals surface area contributed by atoms with Crippen LogP contribution in [0.3, 0.4) is 0 Å². The number of hydrogen-bond acceptors (Lipinski definition) is 5. The lowest BCUT2D eigenvalue weighted by Gasteiger charge is -2.28. The number of carbonyl (C=O) groups is 1. The van der Waals surface area contributed by atoms with Gasteiger partial charge in [0.05, 0.1) is 5.52 Å². The average Bonchev–Trinajstić information content (AvgIpc) is 2.92. The van der Waals surface area contributed by atoms with Crippen LogP contribution in [0.1, 0.15) is 98.7 Å². The van der Waals surface area contributed by atoms with Gasteiger partial charge >= 0.3 is 0 Å². The molecule has 1 N–H and O–H groups in total. The molecule has 1 amide bonds. The van der Waals surface area contributed by atoms with E-state index in [2.05, 4.69) is 48.0 Å². The van der Waals surface area contributed by atoms with Crippen molar-refractivity contribution in [2.24, 2.45) is 11.8 Å². The molecule has 1 aromatic carbocycles. The average molecular weight is 607 g/mol. The fraction of sp³-hybridized carbons (Fsp3) is 0.618. The van der Waals surface area contributed by atoms with Crippen LogP contribution in [0.4, 0.5) is 5.82 Å². The van der Waals surface area contributed by atoms with Gasteiger partial charge in [0.2, 0.25) is 5.91 Å². The predicted octanol–water partition coefficient (Wildman–Crippen LogP) is 9.79. The van der Waals surface area contributed by atoms with Crippen molar-refractivity contribution < 1.29 is 4.79 Å². The Hall–Kier alpha value is -2.05. The van der Waals surface area contributed by atoms with Gasteiger partial charge in [-0.1, -0.05) is 96.2 Å². The first-order chi connectivity index (χ1) is 19.4. The summed E-state index contributed by atoms with van der Waals surface area (Å²) in [6, 6.07) is 8.06. The molecule has 234 valence electrons. The fourth-order valence-corrected chi connectivity index (χ4v) is 4.50. The van der Waals surface area contributed by atoms with E-state index in [9.17, 15) is 4.79 Å². The molecule has 1 aliphatic carbocycles. The first kappa shape index (κ1) is 41.1. The Morgan fingerprint density at radius 2 is 1.68 bits per heavy atom. The van der Waals surface area contributed by atoms with E-state index in [0.717, 1.165) is 35.0 Å². The Balaban J connectivity index is 0. The highest BCUT2D eigenvalue weighted by atomic mass is 35.5. The van der Waals surface area contributed by atoms with E-state index in [4.69, 9.17) is 11.6 Å². The minimum atomic E-state index is 0.158. The number of nitrogens with one attached hydrogen (secondary N) is 1. The van der Waals surface area contributed by atoms with Crippen LogP contribution in [0, 0.1) is 18.8 Å². The number of unbranched alkanes of at least 4 members (excludes halogenated alkanes) is 1. The molecule has 1 saturated carbocycles. The zero-order chi connectivity index (χ0) is 31.8. The molecule has 1 heterocycles. The first-order valence-electron chi connectivity index (χ1n) is 15.2. The third-order valence-electron chi connectivity index (χ3n) is 6.12. The molecule has 5 nitrogen and oxygen atoms in total. The standard InChI is InChI=1S/C15H29NOS.C11H13N3.C3H5Cl.C3H6.C2H6/c1-3-4-5-13-6-8-14(9-7-13)11-16-15(17)10-12(2)18;1-8-12-10-7-5-4-6-9(10)11(13-8)14(2)3;1-3(2)4;1-3-2;1-2/h12-14,18H,3-11H2,1-2H3,(H,16,17);4-7H,1-3H3;1H2,2H3;3H,1H2,2H3;1-2H3. The number of para-hydroxylation sites is 1. The summed E-state index contributed by atoms with van der Waals surface area (Å²) in [6.45, 7) is 21.3. The minimum Gasteiger partial charge on any atom is -0.362 e. The zero-order valence-electron chi connectivity index (χ0n) is 27.5. The van der Waals surface area contributed by atoms with E-state index < -0.39 is 0 Å². The summed E-state index contributed by atoms with van der Waals surface area (Å²) in [5.41, 5.74) is 1.00. The van der Waals surface area contributed by atoms with Crippen molar-refractivity contribution in [3.8, 4) is 0 Å². The van der Waals surface area contributed by atoms with Gasteiger partial charge in [-0.3, -0.25) is 4.79 Å². The molecule has 7 heteroatoms. The number of aromatic nitrogens is 2. The lowest BCUT2D eigenvalue weighted by molar-refractivity contribution is -0.121. The van der Waals surface area contributed by atoms with Crippen LogP contribution in [0.15, 0.2) is 48.5 Å². The summed E-state index contributed by atoms with van der Waals surface area (Å²) < 4.78 is 0. The summed E-state index contributed by atoms with van der Waals surface area (Å²) >= 11 is 9.32. The van der Waals surface area contributed by atoms with Gasteiger partial charge < -0.3 is 10.2 Å². The molecule has 41 heavy (non-hydrogen) atoms. The number of benzene rings is 1. The van der Waals surface area contributed by atoms with Crippen LogP contribution in [-0.2, 0) is 4.79 Å². The topological polar surface area (TPSA) is 58.1 Å².